The summed E-state index contributed by atoms with van der Waals surface area (Å²) in [5, 5.41) is 8.93. The molecular formula is C15H27NO2. The molecule has 1 saturated heterocycles. The van der Waals surface area contributed by atoms with Gasteiger partial charge in [0, 0.05) is 19.0 Å². The first-order valence-corrected chi connectivity index (χ1v) is 7.33. The van der Waals surface area contributed by atoms with Gasteiger partial charge in [0.15, 0.2) is 0 Å². The number of likely N-dealkylation sites (tertiary alicyclic amines) is 1. The van der Waals surface area contributed by atoms with Crippen LogP contribution in [0.15, 0.2) is 0 Å². The first-order valence-electron chi connectivity index (χ1n) is 7.33. The fourth-order valence-electron chi connectivity index (χ4n) is 4.16. The molecule has 1 heterocycles. The van der Waals surface area contributed by atoms with Gasteiger partial charge in [-0.15, -0.1) is 0 Å². The zero-order valence-electron chi connectivity index (χ0n) is 12.0. The van der Waals surface area contributed by atoms with E-state index in [0.29, 0.717) is 23.8 Å². The van der Waals surface area contributed by atoms with Gasteiger partial charge in [-0.2, -0.15) is 0 Å². The van der Waals surface area contributed by atoms with Crippen LogP contribution in [0.25, 0.3) is 0 Å². The maximum atomic E-state index is 10.8. The molecule has 0 aromatic carbocycles. The summed E-state index contributed by atoms with van der Waals surface area (Å²) in [5.41, 5.74) is 0.462. The number of carboxylic acids is 1. The quantitative estimate of drug-likeness (QED) is 0.840. The minimum atomic E-state index is -0.637. The first-order chi connectivity index (χ1) is 8.37. The van der Waals surface area contributed by atoms with E-state index >= 15 is 0 Å². The monoisotopic (exact) mass is 253 g/mol. The molecule has 1 aliphatic heterocycles. The van der Waals surface area contributed by atoms with Crippen molar-refractivity contribution in [3.8, 4) is 0 Å². The highest BCUT2D eigenvalue weighted by atomic mass is 16.4. The van der Waals surface area contributed by atoms with Crippen LogP contribution in [0.4, 0.5) is 0 Å². The van der Waals surface area contributed by atoms with E-state index in [0.717, 1.165) is 18.9 Å². The van der Waals surface area contributed by atoms with E-state index in [1.54, 1.807) is 0 Å². The van der Waals surface area contributed by atoms with Crippen molar-refractivity contribution >= 4 is 5.97 Å². The maximum absolute atomic E-state index is 10.8. The highest BCUT2D eigenvalue weighted by molar-refractivity contribution is 5.67. The molecule has 0 bridgehead atoms. The number of hydrogen-bond acceptors (Lipinski definition) is 2. The molecule has 0 radical (unpaired) electrons. The normalized spacial score (nSPS) is 36.7. The third-order valence-electron chi connectivity index (χ3n) is 4.78. The Balaban J connectivity index is 1.94. The molecule has 3 heteroatoms. The van der Waals surface area contributed by atoms with E-state index in [4.69, 9.17) is 5.11 Å². The Labute approximate surface area is 111 Å². The lowest BCUT2D eigenvalue weighted by Gasteiger charge is -2.38. The molecule has 1 N–H and O–H groups in total. The van der Waals surface area contributed by atoms with Crippen molar-refractivity contribution in [2.45, 2.75) is 58.9 Å². The van der Waals surface area contributed by atoms with Crippen LogP contribution in [0.1, 0.15) is 52.9 Å². The summed E-state index contributed by atoms with van der Waals surface area (Å²) in [4.78, 5) is 13.4. The van der Waals surface area contributed by atoms with Crippen LogP contribution >= 0.6 is 0 Å². The molecule has 2 fully saturated rings. The minimum Gasteiger partial charge on any atom is -0.481 e. The predicted octanol–water partition coefficient (Wildman–Crippen LogP) is 3.00. The van der Waals surface area contributed by atoms with Gasteiger partial charge in [0.05, 0.1) is 0 Å². The zero-order chi connectivity index (χ0) is 13.3. The summed E-state index contributed by atoms with van der Waals surface area (Å²) in [6.07, 6.45) is 5.18. The van der Waals surface area contributed by atoms with Gasteiger partial charge >= 0.3 is 5.97 Å². The smallest absolute Gasteiger partial charge is 0.303 e. The predicted molar refractivity (Wildman–Crippen MR) is 72.5 cm³/mol. The third-order valence-corrected chi connectivity index (χ3v) is 4.78. The summed E-state index contributed by atoms with van der Waals surface area (Å²) in [7, 11) is 0. The van der Waals surface area contributed by atoms with E-state index in [1.165, 1.54) is 25.8 Å². The molecule has 0 aromatic rings. The largest absolute Gasteiger partial charge is 0.481 e. The lowest BCUT2D eigenvalue weighted by atomic mass is 9.90. The molecule has 1 saturated carbocycles. The van der Waals surface area contributed by atoms with E-state index in [-0.39, 0.29) is 0 Å². The molecule has 104 valence electrons. The van der Waals surface area contributed by atoms with Crippen molar-refractivity contribution in [1.82, 2.24) is 4.90 Å². The summed E-state index contributed by atoms with van der Waals surface area (Å²) >= 11 is 0. The number of rotatable bonds is 3. The molecule has 3 atom stereocenters. The zero-order valence-corrected chi connectivity index (χ0v) is 12.0. The van der Waals surface area contributed by atoms with E-state index in [1.807, 2.05) is 0 Å². The van der Waals surface area contributed by atoms with Gasteiger partial charge in [0.2, 0.25) is 0 Å². The van der Waals surface area contributed by atoms with Crippen LogP contribution in [0.3, 0.4) is 0 Å². The molecule has 3 unspecified atom stereocenters. The van der Waals surface area contributed by atoms with Crippen LogP contribution < -0.4 is 0 Å². The summed E-state index contributed by atoms with van der Waals surface area (Å²) in [5.74, 6) is 0.484. The lowest BCUT2D eigenvalue weighted by Crippen LogP contribution is -2.44. The summed E-state index contributed by atoms with van der Waals surface area (Å²) in [6.45, 7) is 9.25. The SMILES string of the molecule is CC1CC(C)(C)CC1N1CCCC(CC(=O)O)C1. The second-order valence-electron chi connectivity index (χ2n) is 7.22. The van der Waals surface area contributed by atoms with Crippen molar-refractivity contribution in [3.63, 3.8) is 0 Å². The second kappa shape index (κ2) is 5.20. The highest BCUT2D eigenvalue weighted by Gasteiger charge is 2.40. The molecule has 18 heavy (non-hydrogen) atoms. The van der Waals surface area contributed by atoms with Gasteiger partial charge in [-0.1, -0.05) is 20.8 Å². The Morgan fingerprint density at radius 3 is 2.67 bits per heavy atom. The Kier molecular flexibility index (Phi) is 4.00. The van der Waals surface area contributed by atoms with Crippen LogP contribution in [-0.2, 0) is 4.79 Å². The van der Waals surface area contributed by atoms with E-state index < -0.39 is 5.97 Å². The number of aliphatic carboxylic acids is 1. The number of carbonyl (C=O) groups is 1. The molecule has 3 nitrogen and oxygen atoms in total. The number of carboxylic acid groups (broad SMARTS) is 1. The standard InChI is InChI=1S/C15H27NO2/c1-11-8-15(2,3)9-13(11)16-6-4-5-12(10-16)7-14(17)18/h11-13H,4-10H2,1-3H3,(H,17,18). The minimum absolute atomic E-state index is 0.348. The third kappa shape index (κ3) is 3.25. The number of nitrogens with zero attached hydrogens (tertiary/aromatic N) is 1. The topological polar surface area (TPSA) is 40.5 Å². The summed E-state index contributed by atoms with van der Waals surface area (Å²) < 4.78 is 0. The van der Waals surface area contributed by atoms with Crippen molar-refractivity contribution < 1.29 is 9.90 Å². The first kappa shape index (κ1) is 13.9. The van der Waals surface area contributed by atoms with Gasteiger partial charge in [-0.25, -0.2) is 0 Å². The van der Waals surface area contributed by atoms with Crippen molar-refractivity contribution in [1.29, 1.82) is 0 Å². The Morgan fingerprint density at radius 2 is 2.11 bits per heavy atom. The second-order valence-corrected chi connectivity index (χ2v) is 7.22. The Bertz CT molecular complexity index is 314. The van der Waals surface area contributed by atoms with Gasteiger partial charge in [0.25, 0.3) is 0 Å². The molecule has 2 aliphatic rings. The van der Waals surface area contributed by atoms with Crippen molar-refractivity contribution in [3.05, 3.63) is 0 Å². The van der Waals surface area contributed by atoms with Crippen LogP contribution in [0.2, 0.25) is 0 Å². The van der Waals surface area contributed by atoms with Gasteiger partial charge in [-0.3, -0.25) is 9.69 Å². The van der Waals surface area contributed by atoms with Crippen LogP contribution in [0, 0.1) is 17.3 Å². The molecule has 2 rings (SSSR count). The number of piperidine rings is 1. The average molecular weight is 253 g/mol. The fraction of sp³-hybridized carbons (Fsp3) is 0.933. The lowest BCUT2D eigenvalue weighted by molar-refractivity contribution is -0.138. The average Bonchev–Trinajstić information content (AvgIpc) is 2.51. The number of hydrogen-bond donors (Lipinski definition) is 1. The Morgan fingerprint density at radius 1 is 1.39 bits per heavy atom. The molecule has 1 aliphatic carbocycles. The highest BCUT2D eigenvalue weighted by Crippen LogP contribution is 2.44. The summed E-state index contributed by atoms with van der Waals surface area (Å²) in [6, 6.07) is 0.677. The van der Waals surface area contributed by atoms with Gasteiger partial charge in [0.1, 0.15) is 0 Å². The van der Waals surface area contributed by atoms with Crippen LogP contribution in [-0.4, -0.2) is 35.1 Å². The van der Waals surface area contributed by atoms with E-state index in [2.05, 4.69) is 25.7 Å². The van der Waals surface area contributed by atoms with Crippen LogP contribution in [0.5, 0.6) is 0 Å². The van der Waals surface area contributed by atoms with Gasteiger partial charge in [-0.05, 0) is 49.5 Å². The van der Waals surface area contributed by atoms with Gasteiger partial charge < -0.3 is 5.11 Å². The Hall–Kier alpha value is -0.570. The maximum Gasteiger partial charge on any atom is 0.303 e. The molecule has 0 amide bonds. The molecular weight excluding hydrogens is 226 g/mol. The van der Waals surface area contributed by atoms with Crippen molar-refractivity contribution in [2.24, 2.45) is 17.3 Å². The van der Waals surface area contributed by atoms with E-state index in [9.17, 15) is 4.79 Å². The fourth-order valence-corrected chi connectivity index (χ4v) is 4.16. The molecule has 0 aromatic heterocycles. The van der Waals surface area contributed by atoms with Crippen molar-refractivity contribution in [2.75, 3.05) is 13.1 Å². The molecule has 0 spiro atoms.